The number of nitrogens with zero attached hydrogens (tertiary/aromatic N) is 1. The maximum Gasteiger partial charge on any atom is 0.317 e. The molecule has 0 unspecified atom stereocenters. The van der Waals surface area contributed by atoms with Crippen LogP contribution in [0.2, 0.25) is 0 Å². The Morgan fingerprint density at radius 2 is 2.00 bits per heavy atom. The molecule has 1 aliphatic carbocycles. The second-order valence-electron chi connectivity index (χ2n) is 5.11. The SMILES string of the molecule is O=C(O)[C@@H]1CCCN(C(=O)NCC2CCC2)C1. The number of rotatable bonds is 3. The predicted octanol–water partition coefficient (Wildman–Crippen LogP) is 1.29. The Morgan fingerprint density at radius 3 is 2.59 bits per heavy atom. The number of hydrogen-bond donors (Lipinski definition) is 2. The number of urea groups is 1. The van der Waals surface area contributed by atoms with E-state index in [2.05, 4.69) is 5.32 Å². The fraction of sp³-hybridized carbons (Fsp3) is 0.833. The van der Waals surface area contributed by atoms with E-state index < -0.39 is 11.9 Å². The molecular weight excluding hydrogens is 220 g/mol. The summed E-state index contributed by atoms with van der Waals surface area (Å²) in [5.41, 5.74) is 0. The van der Waals surface area contributed by atoms with Gasteiger partial charge >= 0.3 is 12.0 Å². The smallest absolute Gasteiger partial charge is 0.317 e. The van der Waals surface area contributed by atoms with Crippen molar-refractivity contribution in [1.82, 2.24) is 10.2 Å². The third kappa shape index (κ3) is 3.11. The van der Waals surface area contributed by atoms with E-state index >= 15 is 0 Å². The van der Waals surface area contributed by atoms with Gasteiger partial charge in [-0.3, -0.25) is 4.79 Å². The fourth-order valence-electron chi connectivity index (χ4n) is 2.40. The average Bonchev–Trinajstić information content (AvgIpc) is 2.27. The minimum Gasteiger partial charge on any atom is -0.481 e. The van der Waals surface area contributed by atoms with Gasteiger partial charge in [0.1, 0.15) is 0 Å². The van der Waals surface area contributed by atoms with Crippen molar-refractivity contribution >= 4 is 12.0 Å². The zero-order valence-electron chi connectivity index (χ0n) is 10.0. The predicted molar refractivity (Wildman–Crippen MR) is 62.7 cm³/mol. The van der Waals surface area contributed by atoms with Crippen LogP contribution in [0.25, 0.3) is 0 Å². The Kier molecular flexibility index (Phi) is 3.86. The van der Waals surface area contributed by atoms with Crippen molar-refractivity contribution in [3.05, 3.63) is 0 Å². The molecule has 17 heavy (non-hydrogen) atoms. The summed E-state index contributed by atoms with van der Waals surface area (Å²) in [6, 6.07) is -0.0946. The van der Waals surface area contributed by atoms with Gasteiger partial charge < -0.3 is 15.3 Å². The van der Waals surface area contributed by atoms with E-state index in [9.17, 15) is 9.59 Å². The molecule has 2 amide bonds. The van der Waals surface area contributed by atoms with Gasteiger partial charge in [-0.1, -0.05) is 6.42 Å². The summed E-state index contributed by atoms with van der Waals surface area (Å²) < 4.78 is 0. The van der Waals surface area contributed by atoms with Crippen molar-refractivity contribution in [1.29, 1.82) is 0 Å². The Labute approximate surface area is 101 Å². The molecule has 5 heteroatoms. The lowest BCUT2D eigenvalue weighted by Crippen LogP contribution is -2.48. The number of likely N-dealkylation sites (tertiary alicyclic amines) is 1. The van der Waals surface area contributed by atoms with Crippen LogP contribution in [0.3, 0.4) is 0 Å². The van der Waals surface area contributed by atoms with Crippen LogP contribution in [0.5, 0.6) is 0 Å². The van der Waals surface area contributed by atoms with Crippen molar-refractivity contribution in [2.75, 3.05) is 19.6 Å². The van der Waals surface area contributed by atoms with Crippen LogP contribution in [-0.4, -0.2) is 41.6 Å². The second-order valence-corrected chi connectivity index (χ2v) is 5.11. The van der Waals surface area contributed by atoms with Crippen LogP contribution in [-0.2, 0) is 4.79 Å². The molecular formula is C12H20N2O3. The highest BCUT2D eigenvalue weighted by molar-refractivity contribution is 5.76. The molecule has 2 rings (SSSR count). The van der Waals surface area contributed by atoms with E-state index in [0.29, 0.717) is 25.4 Å². The van der Waals surface area contributed by atoms with Crippen molar-refractivity contribution in [3.8, 4) is 0 Å². The van der Waals surface area contributed by atoms with Crippen LogP contribution >= 0.6 is 0 Å². The molecule has 1 heterocycles. The fourth-order valence-corrected chi connectivity index (χ4v) is 2.40. The number of carboxylic acid groups (broad SMARTS) is 1. The molecule has 2 aliphatic rings. The molecule has 2 fully saturated rings. The molecule has 0 bridgehead atoms. The molecule has 0 aromatic carbocycles. The molecule has 96 valence electrons. The molecule has 1 saturated heterocycles. The molecule has 0 radical (unpaired) electrons. The lowest BCUT2D eigenvalue weighted by molar-refractivity contribution is -0.143. The highest BCUT2D eigenvalue weighted by atomic mass is 16.4. The molecule has 1 atom stereocenters. The van der Waals surface area contributed by atoms with E-state index in [-0.39, 0.29) is 6.03 Å². The topological polar surface area (TPSA) is 69.6 Å². The zero-order chi connectivity index (χ0) is 12.3. The largest absolute Gasteiger partial charge is 0.481 e. The number of carboxylic acids is 1. The van der Waals surface area contributed by atoms with Crippen LogP contribution in [0.1, 0.15) is 32.1 Å². The summed E-state index contributed by atoms with van der Waals surface area (Å²) in [6.07, 6.45) is 5.15. The van der Waals surface area contributed by atoms with E-state index in [1.54, 1.807) is 4.90 Å². The van der Waals surface area contributed by atoms with Gasteiger partial charge in [0.25, 0.3) is 0 Å². The quantitative estimate of drug-likeness (QED) is 0.781. The van der Waals surface area contributed by atoms with Crippen LogP contribution < -0.4 is 5.32 Å². The maximum absolute atomic E-state index is 11.8. The number of carbonyl (C=O) groups is 2. The third-order valence-electron chi connectivity index (χ3n) is 3.82. The summed E-state index contributed by atoms with van der Waals surface area (Å²) in [5, 5.41) is 11.9. The van der Waals surface area contributed by atoms with E-state index in [4.69, 9.17) is 5.11 Å². The van der Waals surface area contributed by atoms with E-state index in [0.717, 1.165) is 13.0 Å². The molecule has 0 aromatic heterocycles. The number of piperidine rings is 1. The molecule has 2 N–H and O–H groups in total. The molecule has 5 nitrogen and oxygen atoms in total. The van der Waals surface area contributed by atoms with E-state index in [1.807, 2.05) is 0 Å². The Morgan fingerprint density at radius 1 is 1.24 bits per heavy atom. The van der Waals surface area contributed by atoms with Crippen molar-refractivity contribution in [3.63, 3.8) is 0 Å². The molecule has 1 aliphatic heterocycles. The van der Waals surface area contributed by atoms with Gasteiger partial charge in [-0.25, -0.2) is 4.79 Å². The Balaban J connectivity index is 1.75. The first kappa shape index (κ1) is 12.2. The van der Waals surface area contributed by atoms with Crippen LogP contribution in [0.15, 0.2) is 0 Å². The van der Waals surface area contributed by atoms with Gasteiger partial charge in [0.2, 0.25) is 0 Å². The lowest BCUT2D eigenvalue weighted by atomic mass is 9.85. The van der Waals surface area contributed by atoms with Crippen molar-refractivity contribution in [2.45, 2.75) is 32.1 Å². The minimum absolute atomic E-state index is 0.0946. The summed E-state index contributed by atoms with van der Waals surface area (Å²) >= 11 is 0. The monoisotopic (exact) mass is 240 g/mol. The lowest BCUT2D eigenvalue weighted by Gasteiger charge is -2.32. The highest BCUT2D eigenvalue weighted by Gasteiger charge is 2.28. The second kappa shape index (κ2) is 5.38. The number of amides is 2. The number of carbonyl (C=O) groups excluding carboxylic acids is 1. The van der Waals surface area contributed by atoms with E-state index in [1.165, 1.54) is 19.3 Å². The number of nitrogens with one attached hydrogen (secondary N) is 1. The first-order valence-electron chi connectivity index (χ1n) is 6.42. The van der Waals surface area contributed by atoms with Gasteiger partial charge in [0, 0.05) is 19.6 Å². The van der Waals surface area contributed by atoms with Gasteiger partial charge in [-0.15, -0.1) is 0 Å². The normalized spacial score (nSPS) is 25.2. The number of hydrogen-bond acceptors (Lipinski definition) is 2. The zero-order valence-corrected chi connectivity index (χ0v) is 10.0. The van der Waals surface area contributed by atoms with Crippen LogP contribution in [0, 0.1) is 11.8 Å². The number of aliphatic carboxylic acids is 1. The molecule has 1 saturated carbocycles. The molecule has 0 spiro atoms. The third-order valence-corrected chi connectivity index (χ3v) is 3.82. The Bertz CT molecular complexity index is 302. The van der Waals surface area contributed by atoms with Gasteiger partial charge in [-0.05, 0) is 31.6 Å². The summed E-state index contributed by atoms with van der Waals surface area (Å²) in [5.74, 6) is -0.543. The Hall–Kier alpha value is -1.26. The highest BCUT2D eigenvalue weighted by Crippen LogP contribution is 2.25. The van der Waals surface area contributed by atoms with Crippen molar-refractivity contribution < 1.29 is 14.7 Å². The molecule has 0 aromatic rings. The summed E-state index contributed by atoms with van der Waals surface area (Å²) in [6.45, 7) is 1.78. The standard InChI is InChI=1S/C12H20N2O3/c15-11(16)10-5-2-6-14(8-10)12(17)13-7-9-3-1-4-9/h9-10H,1-8H2,(H,13,17)(H,15,16)/t10-/m1/s1. The minimum atomic E-state index is -0.790. The van der Waals surface area contributed by atoms with Crippen LogP contribution in [0.4, 0.5) is 4.79 Å². The van der Waals surface area contributed by atoms with Gasteiger partial charge in [0.15, 0.2) is 0 Å². The summed E-state index contributed by atoms with van der Waals surface area (Å²) in [4.78, 5) is 24.4. The van der Waals surface area contributed by atoms with Gasteiger partial charge in [-0.2, -0.15) is 0 Å². The first-order valence-corrected chi connectivity index (χ1v) is 6.42. The van der Waals surface area contributed by atoms with Gasteiger partial charge in [0.05, 0.1) is 5.92 Å². The summed E-state index contributed by atoms with van der Waals surface area (Å²) in [7, 11) is 0. The average molecular weight is 240 g/mol. The maximum atomic E-state index is 11.8. The van der Waals surface area contributed by atoms with Crippen molar-refractivity contribution in [2.24, 2.45) is 11.8 Å². The first-order chi connectivity index (χ1) is 8.16.